The monoisotopic (exact) mass is 596 g/mol. The Bertz CT molecular complexity index is 1540. The van der Waals surface area contributed by atoms with Gasteiger partial charge >= 0.3 is 0 Å². The smallest absolute Gasteiger partial charge is 0.0726 e. The van der Waals surface area contributed by atoms with Crippen LogP contribution in [0.1, 0.15) is 107 Å². The van der Waals surface area contributed by atoms with Crippen LogP contribution < -0.4 is 0 Å². The fourth-order valence-electron chi connectivity index (χ4n) is 6.92. The Morgan fingerprint density at radius 3 is 1.49 bits per heavy atom. The maximum absolute atomic E-state index is 5.54. The van der Waals surface area contributed by atoms with Gasteiger partial charge in [-0.2, -0.15) is 0 Å². The standard InChI is InChI=1S/C36H44N4.Zn/c1-9-23-25(11-3)33-29(15-7)35-27(13-5)28(14-6)36(40-35)30(16-8)34-26(12-4)24(10-2)32(39-34)20-22-18-17-21(37-22)19-31(23)38-33;/h17-20H,9-16H2,1-8H3;. The van der Waals surface area contributed by atoms with E-state index in [-0.39, 0.29) is 19.5 Å². The van der Waals surface area contributed by atoms with Crippen molar-refractivity contribution in [3.8, 4) is 0 Å². The van der Waals surface area contributed by atoms with Crippen LogP contribution in [0.2, 0.25) is 0 Å². The van der Waals surface area contributed by atoms with Crippen LogP contribution in [0.4, 0.5) is 0 Å². The average molecular weight is 598 g/mol. The molecule has 5 rings (SSSR count). The van der Waals surface area contributed by atoms with Gasteiger partial charge in [0.05, 0.1) is 45.6 Å². The fourth-order valence-corrected chi connectivity index (χ4v) is 6.92. The molecule has 0 unspecified atom stereocenters. The molecule has 0 saturated heterocycles. The molecule has 5 heterocycles. The van der Waals surface area contributed by atoms with Crippen molar-refractivity contribution in [2.24, 2.45) is 20.0 Å². The summed E-state index contributed by atoms with van der Waals surface area (Å²) in [6.45, 7) is 18.1. The molecule has 0 fully saturated rings. The average Bonchev–Trinajstić information content (AvgIpc) is 3.73. The van der Waals surface area contributed by atoms with Crippen LogP contribution in [0, 0.1) is 0 Å². The molecule has 5 aliphatic rings. The first-order chi connectivity index (χ1) is 19.5. The maximum Gasteiger partial charge on any atom is 0.0726 e. The van der Waals surface area contributed by atoms with Gasteiger partial charge in [0, 0.05) is 30.6 Å². The molecule has 0 radical (unpaired) electrons. The second-order valence-corrected chi connectivity index (χ2v) is 10.7. The number of nitrogens with zero attached hydrogens (tertiary/aromatic N) is 4. The van der Waals surface area contributed by atoms with Crippen LogP contribution in [0.3, 0.4) is 0 Å². The summed E-state index contributed by atoms with van der Waals surface area (Å²) in [6, 6.07) is 0. The number of fused-ring (bicyclic) bond motifs is 4. The Balaban J connectivity index is 0.00000387. The summed E-state index contributed by atoms with van der Waals surface area (Å²) in [5.41, 5.74) is 19.3. The van der Waals surface area contributed by atoms with Crippen LogP contribution in [-0.4, -0.2) is 22.8 Å². The summed E-state index contributed by atoms with van der Waals surface area (Å²) in [6.07, 6.45) is 16.1. The molecule has 8 bridgehead atoms. The third-order valence-electron chi connectivity index (χ3n) is 8.77. The minimum Gasteiger partial charge on any atom is -0.249 e. The largest absolute Gasteiger partial charge is 0.249 e. The van der Waals surface area contributed by atoms with Gasteiger partial charge in [-0.25, -0.2) is 20.0 Å². The van der Waals surface area contributed by atoms with Crippen LogP contribution in [-0.2, 0) is 19.5 Å². The van der Waals surface area contributed by atoms with Gasteiger partial charge in [0.2, 0.25) is 0 Å². The molecule has 0 aromatic rings. The normalized spacial score (nSPS) is 20.1. The van der Waals surface area contributed by atoms with E-state index in [1.165, 1.54) is 44.6 Å². The Morgan fingerprint density at radius 1 is 0.439 bits per heavy atom. The van der Waals surface area contributed by atoms with Crippen molar-refractivity contribution in [2.45, 2.75) is 107 Å². The van der Waals surface area contributed by atoms with Crippen molar-refractivity contribution >= 4 is 22.8 Å². The van der Waals surface area contributed by atoms with E-state index in [0.29, 0.717) is 0 Å². The molecule has 0 aliphatic carbocycles. The summed E-state index contributed by atoms with van der Waals surface area (Å²) in [5, 5.41) is 0. The van der Waals surface area contributed by atoms with E-state index in [2.05, 4.69) is 79.7 Å². The predicted octanol–water partition coefficient (Wildman–Crippen LogP) is 9.82. The number of hydrogen-bond acceptors (Lipinski definition) is 4. The van der Waals surface area contributed by atoms with Crippen molar-refractivity contribution in [1.82, 2.24) is 0 Å². The SMILES string of the molecule is CCC1=C(CC)C2=NC1=CC1=NC(=CC3=NC(=C(CC)C4=NC(=C2CC)C(CC)=C4CC)C(CC)=C3CC)C=C1.[Zn]. The maximum atomic E-state index is 5.54. The van der Waals surface area contributed by atoms with Gasteiger partial charge in [-0.3, -0.25) is 0 Å². The van der Waals surface area contributed by atoms with E-state index in [1.54, 1.807) is 0 Å². The van der Waals surface area contributed by atoms with E-state index in [1.807, 2.05) is 0 Å². The summed E-state index contributed by atoms with van der Waals surface area (Å²) in [7, 11) is 0. The van der Waals surface area contributed by atoms with E-state index >= 15 is 0 Å². The molecule has 0 N–H and O–H groups in total. The van der Waals surface area contributed by atoms with Gasteiger partial charge in [-0.05, 0) is 109 Å². The number of rotatable bonds is 8. The molecule has 41 heavy (non-hydrogen) atoms. The van der Waals surface area contributed by atoms with Gasteiger partial charge in [0.25, 0.3) is 0 Å². The third kappa shape index (κ3) is 5.20. The van der Waals surface area contributed by atoms with E-state index in [4.69, 9.17) is 20.0 Å². The van der Waals surface area contributed by atoms with Crippen molar-refractivity contribution in [2.75, 3.05) is 0 Å². The quantitative estimate of drug-likeness (QED) is 0.250. The molecule has 210 valence electrons. The van der Waals surface area contributed by atoms with Crippen LogP contribution in [0.25, 0.3) is 0 Å². The van der Waals surface area contributed by atoms with Gasteiger partial charge in [-0.15, -0.1) is 0 Å². The number of aliphatic imine (C=N–C) groups is 4. The van der Waals surface area contributed by atoms with Crippen molar-refractivity contribution < 1.29 is 19.5 Å². The summed E-state index contributed by atoms with van der Waals surface area (Å²) in [4.78, 5) is 21.2. The summed E-state index contributed by atoms with van der Waals surface area (Å²) >= 11 is 0. The number of allylic oxidation sites excluding steroid dienone is 12. The van der Waals surface area contributed by atoms with Crippen molar-refractivity contribution in [3.63, 3.8) is 0 Å². The molecular formula is C36H44N4Zn. The molecule has 0 saturated carbocycles. The first kappa shape index (κ1) is 31.2. The first-order valence-corrected chi connectivity index (χ1v) is 15.6. The van der Waals surface area contributed by atoms with Crippen LogP contribution in [0.5, 0.6) is 0 Å². The second kappa shape index (κ2) is 13.0. The summed E-state index contributed by atoms with van der Waals surface area (Å²) < 4.78 is 0. The molecular weight excluding hydrogens is 554 g/mol. The Kier molecular flexibility index (Phi) is 9.90. The van der Waals surface area contributed by atoms with Gasteiger partial charge in [0.1, 0.15) is 0 Å². The zero-order valence-corrected chi connectivity index (χ0v) is 29.4. The molecule has 0 aromatic heterocycles. The minimum absolute atomic E-state index is 0. The Labute approximate surface area is 259 Å². The van der Waals surface area contributed by atoms with E-state index in [9.17, 15) is 0 Å². The zero-order chi connectivity index (χ0) is 28.6. The van der Waals surface area contributed by atoms with E-state index in [0.717, 1.165) is 97.0 Å². The molecule has 5 aliphatic heterocycles. The summed E-state index contributed by atoms with van der Waals surface area (Å²) in [5.74, 6) is 0. The zero-order valence-electron chi connectivity index (χ0n) is 26.5. The van der Waals surface area contributed by atoms with Crippen molar-refractivity contribution in [3.05, 3.63) is 91.7 Å². The molecule has 0 atom stereocenters. The van der Waals surface area contributed by atoms with Gasteiger partial charge in [0.15, 0.2) is 0 Å². The number of hydrogen-bond donors (Lipinski definition) is 0. The molecule has 0 spiro atoms. The van der Waals surface area contributed by atoms with E-state index < -0.39 is 0 Å². The predicted molar refractivity (Wildman–Crippen MR) is 173 cm³/mol. The molecule has 5 heteroatoms. The Hall–Kier alpha value is -2.78. The third-order valence-corrected chi connectivity index (χ3v) is 8.77. The molecule has 0 amide bonds. The van der Waals surface area contributed by atoms with Gasteiger partial charge in [-0.1, -0.05) is 55.4 Å². The fraction of sp³-hybridized carbons (Fsp3) is 0.444. The van der Waals surface area contributed by atoms with Crippen LogP contribution >= 0.6 is 0 Å². The second-order valence-electron chi connectivity index (χ2n) is 10.7. The molecule has 4 nitrogen and oxygen atoms in total. The van der Waals surface area contributed by atoms with Crippen molar-refractivity contribution in [1.29, 1.82) is 0 Å². The topological polar surface area (TPSA) is 49.4 Å². The molecule has 0 aromatic carbocycles. The van der Waals surface area contributed by atoms with Gasteiger partial charge < -0.3 is 0 Å². The first-order valence-electron chi connectivity index (χ1n) is 15.6. The minimum atomic E-state index is 0. The Morgan fingerprint density at radius 2 is 0.927 bits per heavy atom. The van der Waals surface area contributed by atoms with Crippen LogP contribution in [0.15, 0.2) is 112 Å².